The molecule has 0 aliphatic heterocycles. The number of amides is 2. The fraction of sp³-hybridized carbons (Fsp3) is 0.294. The van der Waals surface area contributed by atoms with Gasteiger partial charge in [-0.05, 0) is 49.1 Å². The van der Waals surface area contributed by atoms with Crippen LogP contribution in [0.3, 0.4) is 0 Å². The van der Waals surface area contributed by atoms with Crippen molar-refractivity contribution in [1.29, 1.82) is 0 Å². The highest BCUT2D eigenvalue weighted by molar-refractivity contribution is 5.99. The maximum Gasteiger partial charge on any atom is 0.324 e. The van der Waals surface area contributed by atoms with Crippen molar-refractivity contribution in [2.24, 2.45) is 0 Å². The minimum absolute atomic E-state index is 0.280. The van der Waals surface area contributed by atoms with Crippen LogP contribution >= 0.6 is 0 Å². The molecule has 2 aromatic rings. The number of anilines is 2. The van der Waals surface area contributed by atoms with Crippen molar-refractivity contribution >= 4 is 17.5 Å². The Morgan fingerprint density at radius 1 is 1.14 bits per heavy atom. The average molecular weight is 283 g/mol. The van der Waals surface area contributed by atoms with Gasteiger partial charge in [0.05, 0.1) is 0 Å². The topological polar surface area (TPSA) is 54.0 Å². The Morgan fingerprint density at radius 3 is 2.57 bits per heavy atom. The van der Waals surface area contributed by atoms with Gasteiger partial charge in [0, 0.05) is 11.9 Å². The lowest BCUT2D eigenvalue weighted by molar-refractivity contribution is 0.262. The zero-order valence-electron chi connectivity index (χ0n) is 12.5. The summed E-state index contributed by atoms with van der Waals surface area (Å²) in [6.45, 7) is 4.09. The lowest BCUT2D eigenvalue weighted by Gasteiger charge is -2.09. The van der Waals surface area contributed by atoms with Crippen LogP contribution < -0.4 is 10.6 Å². The number of rotatable bonds is 5. The minimum atomic E-state index is -0.280. The van der Waals surface area contributed by atoms with Gasteiger partial charge in [-0.2, -0.15) is 0 Å². The van der Waals surface area contributed by atoms with Crippen LogP contribution in [0.1, 0.15) is 30.9 Å². The molecule has 0 saturated heterocycles. The number of hydrogen-bond acceptors (Lipinski definition) is 2. The Bertz CT molecular complexity index is 593. The molecule has 0 radical (unpaired) electrons. The number of benzene rings is 1. The van der Waals surface area contributed by atoms with Crippen LogP contribution in [-0.4, -0.2) is 11.0 Å². The molecule has 0 fully saturated rings. The van der Waals surface area contributed by atoms with Gasteiger partial charge in [-0.15, -0.1) is 0 Å². The van der Waals surface area contributed by atoms with Crippen LogP contribution in [0.5, 0.6) is 0 Å². The fourth-order valence-corrected chi connectivity index (χ4v) is 2.02. The third-order valence-corrected chi connectivity index (χ3v) is 3.27. The van der Waals surface area contributed by atoms with E-state index in [0.717, 1.165) is 17.7 Å². The molecule has 0 spiro atoms. The molecule has 4 heteroatoms. The summed E-state index contributed by atoms with van der Waals surface area (Å²) in [5.74, 6) is 0.578. The summed E-state index contributed by atoms with van der Waals surface area (Å²) >= 11 is 0. The normalized spacial score (nSPS) is 10.2. The maximum atomic E-state index is 11.9. The van der Waals surface area contributed by atoms with Gasteiger partial charge < -0.3 is 5.32 Å². The van der Waals surface area contributed by atoms with Crippen LogP contribution in [0.25, 0.3) is 0 Å². The van der Waals surface area contributed by atoms with Crippen molar-refractivity contribution in [2.75, 3.05) is 10.6 Å². The molecule has 1 aromatic carbocycles. The Balaban J connectivity index is 1.92. The second-order valence-electron chi connectivity index (χ2n) is 5.05. The molecule has 1 aromatic heterocycles. The molecule has 21 heavy (non-hydrogen) atoms. The van der Waals surface area contributed by atoms with E-state index in [1.807, 2.05) is 31.2 Å². The SMILES string of the molecule is CCCCc1ccc(NC(=O)Nc2ncccc2C)cc1. The molecule has 0 bridgehead atoms. The first-order valence-corrected chi connectivity index (χ1v) is 7.27. The number of carbonyl (C=O) groups is 1. The molecule has 0 aliphatic carbocycles. The number of carbonyl (C=O) groups excluding carboxylic acids is 1. The van der Waals surface area contributed by atoms with Crippen molar-refractivity contribution in [3.63, 3.8) is 0 Å². The predicted octanol–water partition coefficient (Wildman–Crippen LogP) is 4.38. The summed E-state index contributed by atoms with van der Waals surface area (Å²) in [4.78, 5) is 16.1. The first-order chi connectivity index (χ1) is 10.2. The predicted molar refractivity (Wildman–Crippen MR) is 86.7 cm³/mol. The van der Waals surface area contributed by atoms with Gasteiger partial charge in [-0.3, -0.25) is 5.32 Å². The first-order valence-electron chi connectivity index (χ1n) is 7.27. The van der Waals surface area contributed by atoms with E-state index in [2.05, 4.69) is 34.7 Å². The maximum absolute atomic E-state index is 11.9. The number of nitrogens with zero attached hydrogens (tertiary/aromatic N) is 1. The van der Waals surface area contributed by atoms with Gasteiger partial charge in [0.2, 0.25) is 0 Å². The number of aromatic nitrogens is 1. The molecule has 1 heterocycles. The van der Waals surface area contributed by atoms with E-state index >= 15 is 0 Å². The molecule has 0 saturated carbocycles. The molecular formula is C17H21N3O. The zero-order valence-corrected chi connectivity index (χ0v) is 12.5. The lowest BCUT2D eigenvalue weighted by Crippen LogP contribution is -2.20. The van der Waals surface area contributed by atoms with E-state index < -0.39 is 0 Å². The van der Waals surface area contributed by atoms with Crippen LogP contribution in [0.2, 0.25) is 0 Å². The molecule has 2 N–H and O–H groups in total. The summed E-state index contributed by atoms with van der Waals surface area (Å²) in [5.41, 5.74) is 3.01. The van der Waals surface area contributed by atoms with E-state index in [-0.39, 0.29) is 6.03 Å². The fourth-order valence-electron chi connectivity index (χ4n) is 2.02. The van der Waals surface area contributed by atoms with Gasteiger partial charge in [0.25, 0.3) is 0 Å². The van der Waals surface area contributed by atoms with Crippen LogP contribution in [0, 0.1) is 6.92 Å². The summed E-state index contributed by atoms with van der Waals surface area (Å²) < 4.78 is 0. The Kier molecular flexibility index (Phi) is 5.32. The van der Waals surface area contributed by atoms with Crippen molar-refractivity contribution in [2.45, 2.75) is 33.1 Å². The van der Waals surface area contributed by atoms with E-state index in [1.54, 1.807) is 6.20 Å². The van der Waals surface area contributed by atoms with E-state index in [4.69, 9.17) is 0 Å². The lowest BCUT2D eigenvalue weighted by atomic mass is 10.1. The van der Waals surface area contributed by atoms with Crippen LogP contribution in [-0.2, 0) is 6.42 Å². The standard InChI is InChI=1S/C17H21N3O/c1-3-4-7-14-8-10-15(11-9-14)19-17(21)20-16-13(2)6-5-12-18-16/h5-6,8-12H,3-4,7H2,1-2H3,(H2,18,19,20,21). The number of unbranched alkanes of at least 4 members (excludes halogenated alkanes) is 1. The third kappa shape index (κ3) is 4.60. The van der Waals surface area contributed by atoms with Gasteiger partial charge in [-0.25, -0.2) is 9.78 Å². The number of hydrogen-bond donors (Lipinski definition) is 2. The van der Waals surface area contributed by atoms with Crippen LogP contribution in [0.15, 0.2) is 42.6 Å². The van der Waals surface area contributed by atoms with E-state index in [1.165, 1.54) is 18.4 Å². The second kappa shape index (κ2) is 7.43. The van der Waals surface area contributed by atoms with Crippen molar-refractivity contribution in [3.8, 4) is 0 Å². The molecular weight excluding hydrogens is 262 g/mol. The monoisotopic (exact) mass is 283 g/mol. The highest BCUT2D eigenvalue weighted by Gasteiger charge is 2.05. The van der Waals surface area contributed by atoms with Gasteiger partial charge >= 0.3 is 6.03 Å². The highest BCUT2D eigenvalue weighted by Crippen LogP contribution is 2.13. The molecule has 2 rings (SSSR count). The van der Waals surface area contributed by atoms with Gasteiger partial charge in [0.1, 0.15) is 5.82 Å². The molecule has 110 valence electrons. The summed E-state index contributed by atoms with van der Waals surface area (Å²) in [5, 5.41) is 5.56. The Labute approximate surface area is 125 Å². The molecule has 2 amide bonds. The molecule has 4 nitrogen and oxygen atoms in total. The number of urea groups is 1. The summed E-state index contributed by atoms with van der Waals surface area (Å²) in [6, 6.07) is 11.4. The van der Waals surface area contributed by atoms with Gasteiger partial charge in [0.15, 0.2) is 0 Å². The smallest absolute Gasteiger partial charge is 0.308 e. The second-order valence-corrected chi connectivity index (χ2v) is 5.05. The van der Waals surface area contributed by atoms with Crippen LogP contribution in [0.4, 0.5) is 16.3 Å². The molecule has 0 atom stereocenters. The summed E-state index contributed by atoms with van der Waals surface area (Å²) in [7, 11) is 0. The minimum Gasteiger partial charge on any atom is -0.308 e. The van der Waals surface area contributed by atoms with Crippen molar-refractivity contribution < 1.29 is 4.79 Å². The van der Waals surface area contributed by atoms with Gasteiger partial charge in [-0.1, -0.05) is 31.5 Å². The molecule has 0 aliphatic rings. The summed E-state index contributed by atoms with van der Waals surface area (Å²) in [6.07, 6.45) is 5.11. The quantitative estimate of drug-likeness (QED) is 0.855. The first kappa shape index (κ1) is 15.0. The highest BCUT2D eigenvalue weighted by atomic mass is 16.2. The number of pyridine rings is 1. The number of aryl methyl sites for hydroxylation is 2. The average Bonchev–Trinajstić information content (AvgIpc) is 2.49. The molecule has 0 unspecified atom stereocenters. The number of nitrogens with one attached hydrogen (secondary N) is 2. The largest absolute Gasteiger partial charge is 0.324 e. The van der Waals surface area contributed by atoms with Crippen molar-refractivity contribution in [1.82, 2.24) is 4.98 Å². The Morgan fingerprint density at radius 2 is 1.90 bits per heavy atom. The zero-order chi connectivity index (χ0) is 15.1. The van der Waals surface area contributed by atoms with Crippen molar-refractivity contribution in [3.05, 3.63) is 53.7 Å². The van der Waals surface area contributed by atoms with E-state index in [9.17, 15) is 4.79 Å². The Hall–Kier alpha value is -2.36. The van der Waals surface area contributed by atoms with E-state index in [0.29, 0.717) is 5.82 Å². The third-order valence-electron chi connectivity index (χ3n) is 3.27.